The lowest BCUT2D eigenvalue weighted by atomic mass is 9.95. The molecule has 0 aliphatic carbocycles. The number of hydrogen-bond acceptors (Lipinski definition) is 10. The molecule has 2 aromatic carbocycles. The lowest BCUT2D eigenvalue weighted by molar-refractivity contribution is -0.458. The van der Waals surface area contributed by atoms with Gasteiger partial charge in [0.15, 0.2) is 5.82 Å². The van der Waals surface area contributed by atoms with Crippen LogP contribution in [0, 0.1) is 24.0 Å². The molecule has 4 atom stereocenters. The summed E-state index contributed by atoms with van der Waals surface area (Å²) in [6, 6.07) is 2.89. The highest BCUT2D eigenvalue weighted by atomic mass is 19.4. The average molecular weight is 877 g/mol. The van der Waals surface area contributed by atoms with Crippen LogP contribution < -0.4 is 19.7 Å². The Bertz CT molecular complexity index is 2330. The summed E-state index contributed by atoms with van der Waals surface area (Å²) in [6.07, 6.45) is -13.7. The van der Waals surface area contributed by atoms with Crippen molar-refractivity contribution < 1.29 is 67.6 Å². The van der Waals surface area contributed by atoms with Crippen molar-refractivity contribution >= 4 is 27.5 Å². The quantitative estimate of drug-likeness (QED) is 0.120. The van der Waals surface area contributed by atoms with Crippen molar-refractivity contribution in [2.45, 2.75) is 93.7 Å². The van der Waals surface area contributed by atoms with Crippen LogP contribution in [0.5, 0.6) is 17.6 Å². The van der Waals surface area contributed by atoms with Crippen LogP contribution in [-0.4, -0.2) is 113 Å². The van der Waals surface area contributed by atoms with Gasteiger partial charge in [0.2, 0.25) is 5.88 Å². The second kappa shape index (κ2) is 15.8. The van der Waals surface area contributed by atoms with Crippen LogP contribution in [0.2, 0.25) is 0 Å². The molecule has 0 saturated carbocycles. The number of alkyl halides is 9. The largest absolute Gasteiger partial charge is 0.508 e. The van der Waals surface area contributed by atoms with Crippen LogP contribution in [0.1, 0.15) is 51.5 Å². The molecule has 61 heavy (non-hydrogen) atoms. The first-order chi connectivity index (χ1) is 28.6. The molecule has 1 unspecified atom stereocenters. The summed E-state index contributed by atoms with van der Waals surface area (Å²) >= 11 is 0. The Morgan fingerprint density at radius 2 is 1.67 bits per heavy atom. The summed E-state index contributed by atoms with van der Waals surface area (Å²) in [5.74, 6) is 0.0563. The Morgan fingerprint density at radius 3 is 2.31 bits per heavy atom. The van der Waals surface area contributed by atoms with E-state index in [-0.39, 0.29) is 94.7 Å². The summed E-state index contributed by atoms with van der Waals surface area (Å²) < 4.78 is 171. The van der Waals surface area contributed by atoms with Gasteiger partial charge in [0.25, 0.3) is 0 Å². The number of nitrogens with one attached hydrogen (secondary N) is 1. The van der Waals surface area contributed by atoms with Gasteiger partial charge >= 0.3 is 30.1 Å². The van der Waals surface area contributed by atoms with Gasteiger partial charge in [0.05, 0.1) is 24.8 Å². The van der Waals surface area contributed by atoms with Crippen molar-refractivity contribution in [3.63, 3.8) is 0 Å². The molecule has 3 aliphatic heterocycles. The van der Waals surface area contributed by atoms with E-state index in [4.69, 9.17) is 15.9 Å². The highest BCUT2D eigenvalue weighted by Crippen LogP contribution is 2.55. The number of methoxy groups -OCH3 is 1. The van der Waals surface area contributed by atoms with Crippen molar-refractivity contribution in [1.82, 2.24) is 25.2 Å². The zero-order valence-corrected chi connectivity index (χ0v) is 32.8. The number of aromatic nitrogens is 3. The molecule has 5 heterocycles. The molecule has 7 rings (SSSR count). The number of anilines is 1. The van der Waals surface area contributed by atoms with Crippen LogP contribution in [0.25, 0.3) is 32.9 Å². The Balaban J connectivity index is 1.31. The maximum Gasteiger partial charge on any atom is 0.435 e. The van der Waals surface area contributed by atoms with E-state index in [1.807, 2.05) is 18.7 Å². The molecular formula is C40H39F11N6O4. The van der Waals surface area contributed by atoms with Crippen molar-refractivity contribution in [3.8, 4) is 41.2 Å². The molecule has 3 fully saturated rings. The van der Waals surface area contributed by atoms with E-state index >= 15 is 8.78 Å². The zero-order chi connectivity index (χ0) is 44.4. The third kappa shape index (κ3) is 7.27. The predicted octanol–water partition coefficient (Wildman–Crippen LogP) is 8.21. The molecule has 0 radical (unpaired) electrons. The van der Waals surface area contributed by atoms with Gasteiger partial charge < -0.3 is 29.5 Å². The molecule has 0 bridgehead atoms. The SMILES string of the molecule is C#Cc1c(F)ccc2cc(O)cc(-c3nc(OC)c4c(N5CCN[C@@H](CC)[C@H]5C)nc(OC[C@@]56CCCN5C(COC(C(F)(F)F)(C(F)(F)F)C(F)(F)F)CC6)nc4c3F)c12. The first kappa shape index (κ1) is 44.1. The lowest BCUT2D eigenvalue weighted by Gasteiger charge is -2.41. The van der Waals surface area contributed by atoms with Crippen LogP contribution in [0.4, 0.5) is 54.1 Å². The van der Waals surface area contributed by atoms with E-state index in [2.05, 4.69) is 30.9 Å². The second-order valence-corrected chi connectivity index (χ2v) is 15.4. The summed E-state index contributed by atoms with van der Waals surface area (Å²) in [5, 5.41) is 14.4. The molecular weight excluding hydrogens is 837 g/mol. The summed E-state index contributed by atoms with van der Waals surface area (Å²) in [7, 11) is 1.27. The fraction of sp³-hybridized carbons (Fsp3) is 0.525. The van der Waals surface area contributed by atoms with Gasteiger partial charge in [-0.3, -0.25) is 4.90 Å². The number of halogens is 11. The van der Waals surface area contributed by atoms with Crippen LogP contribution in [-0.2, 0) is 4.74 Å². The average Bonchev–Trinajstić information content (AvgIpc) is 3.75. The normalized spacial score (nSPS) is 22.8. The summed E-state index contributed by atoms with van der Waals surface area (Å²) in [6.45, 7) is 2.91. The van der Waals surface area contributed by atoms with Crippen molar-refractivity contribution in [3.05, 3.63) is 41.5 Å². The molecule has 2 N–H and O–H groups in total. The number of nitrogens with zero attached hydrogens (tertiary/aromatic N) is 5. The van der Waals surface area contributed by atoms with E-state index in [1.54, 1.807) is 0 Å². The Morgan fingerprint density at radius 1 is 0.967 bits per heavy atom. The lowest BCUT2D eigenvalue weighted by Crippen LogP contribution is -2.68. The van der Waals surface area contributed by atoms with Crippen molar-refractivity contribution in [2.24, 2.45) is 0 Å². The van der Waals surface area contributed by atoms with Gasteiger partial charge in [-0.15, -0.1) is 6.42 Å². The number of hydrogen-bond donors (Lipinski definition) is 2. The topological polar surface area (TPSA) is 105 Å². The van der Waals surface area contributed by atoms with E-state index in [1.165, 1.54) is 24.1 Å². The number of terminal acetylenes is 1. The van der Waals surface area contributed by atoms with E-state index in [0.717, 1.165) is 12.1 Å². The van der Waals surface area contributed by atoms with E-state index in [0.29, 0.717) is 25.9 Å². The van der Waals surface area contributed by atoms with Crippen LogP contribution >= 0.6 is 0 Å². The second-order valence-electron chi connectivity index (χ2n) is 15.4. The molecule has 330 valence electrons. The maximum atomic E-state index is 17.3. The smallest absolute Gasteiger partial charge is 0.435 e. The number of phenols is 1. The molecule has 3 aliphatic rings. The molecule has 2 aromatic heterocycles. The monoisotopic (exact) mass is 876 g/mol. The Kier molecular flexibility index (Phi) is 11.4. The molecule has 10 nitrogen and oxygen atoms in total. The number of ether oxygens (including phenoxy) is 3. The minimum absolute atomic E-state index is 0.0220. The van der Waals surface area contributed by atoms with Gasteiger partial charge in [-0.25, -0.2) is 13.8 Å². The van der Waals surface area contributed by atoms with Gasteiger partial charge in [0, 0.05) is 42.2 Å². The maximum absolute atomic E-state index is 17.3. The Labute approximate surface area is 341 Å². The standard InChI is InChI=1S/C40H39F11N6O4/c1-5-24-26(41)9-8-21-16-23(58)17-25(28(21)24)31-30(42)32-29(34(53-31)59-4)33(56-15-13-52-27(6-2)20(56)3)55-35(54-32)60-19-36-11-7-14-57(36)22(10-12-36)18-61-37(38(43,44)45,39(46,47)48)40(49,50)51/h1,8-9,16-17,20,22,27,52,58H,6-7,10-15,18-19H2,2-4H3/t20-,22?,27+,36+/m1/s1. The number of fused-ring (bicyclic) bond motifs is 3. The third-order valence-electron chi connectivity index (χ3n) is 12.1. The highest BCUT2D eigenvalue weighted by molar-refractivity contribution is 6.04. The number of pyridine rings is 1. The minimum Gasteiger partial charge on any atom is -0.508 e. The fourth-order valence-corrected chi connectivity index (χ4v) is 9.14. The molecule has 21 heteroatoms. The molecule has 0 spiro atoms. The van der Waals surface area contributed by atoms with Gasteiger partial charge in [-0.2, -0.15) is 49.5 Å². The first-order valence-electron chi connectivity index (χ1n) is 19.2. The number of piperazine rings is 1. The molecule has 0 amide bonds. The first-order valence-corrected chi connectivity index (χ1v) is 19.2. The van der Waals surface area contributed by atoms with E-state index < -0.39 is 65.7 Å². The molecule has 4 aromatic rings. The van der Waals surface area contributed by atoms with Crippen LogP contribution in [0.3, 0.4) is 0 Å². The third-order valence-corrected chi connectivity index (χ3v) is 12.1. The minimum atomic E-state index is -6.88. The van der Waals surface area contributed by atoms with Gasteiger partial charge in [-0.05, 0) is 69.2 Å². The number of phenolic OH excluding ortho intramolecular Hbond substituents is 1. The van der Waals surface area contributed by atoms with Crippen molar-refractivity contribution in [1.29, 1.82) is 0 Å². The zero-order valence-electron chi connectivity index (χ0n) is 32.8. The van der Waals surface area contributed by atoms with Crippen LogP contribution in [0.15, 0.2) is 24.3 Å². The highest BCUT2D eigenvalue weighted by Gasteiger charge is 2.85. The predicted molar refractivity (Wildman–Crippen MR) is 199 cm³/mol. The van der Waals surface area contributed by atoms with Crippen molar-refractivity contribution in [2.75, 3.05) is 44.9 Å². The van der Waals surface area contributed by atoms with Gasteiger partial charge in [0.1, 0.15) is 40.6 Å². The van der Waals surface area contributed by atoms with E-state index in [9.17, 15) is 44.6 Å². The summed E-state index contributed by atoms with van der Waals surface area (Å²) in [4.78, 5) is 16.9. The number of aromatic hydroxyl groups is 1. The molecule has 3 saturated heterocycles. The number of rotatable bonds is 10. The van der Waals surface area contributed by atoms with Gasteiger partial charge in [-0.1, -0.05) is 18.9 Å². The fourth-order valence-electron chi connectivity index (χ4n) is 9.14. The Hall–Kier alpha value is -4.94. The summed E-state index contributed by atoms with van der Waals surface area (Å²) in [5.41, 5.74) is -8.67. The number of benzene rings is 2.